The van der Waals surface area contributed by atoms with Crippen molar-refractivity contribution in [2.75, 3.05) is 0 Å². The summed E-state index contributed by atoms with van der Waals surface area (Å²) in [5.41, 5.74) is 0. The lowest BCUT2D eigenvalue weighted by Crippen LogP contribution is -1.75. The first-order chi connectivity index (χ1) is 3.27. The lowest BCUT2D eigenvalue weighted by atomic mass is 10.7. The fourth-order valence-electron chi connectivity index (χ4n) is 0.147. The van der Waals surface area contributed by atoms with Crippen LogP contribution in [0.5, 0.6) is 0 Å². The van der Waals surface area contributed by atoms with Crippen molar-refractivity contribution < 1.29 is 9.84 Å². The minimum absolute atomic E-state index is 0.280. The Bertz CT molecular complexity index is 84.1. The Morgan fingerprint density at radius 2 is 2.43 bits per heavy atom. The van der Waals surface area contributed by atoms with E-state index >= 15 is 0 Å². The highest BCUT2D eigenvalue weighted by Gasteiger charge is 1.74. The number of hydrogen-bond acceptors (Lipinski definition) is 2. The van der Waals surface area contributed by atoms with Crippen LogP contribution in [-0.2, 0) is 4.74 Å². The SMILES string of the molecule is C=C(O)O/C=C/C. The Kier molecular flexibility index (Phi) is 2.85. The number of rotatable bonds is 2. The minimum Gasteiger partial charge on any atom is -0.481 e. The van der Waals surface area contributed by atoms with Crippen molar-refractivity contribution in [1.82, 2.24) is 0 Å². The maximum Gasteiger partial charge on any atom is 0.273 e. The number of hydrogen-bond donors (Lipinski definition) is 1. The van der Waals surface area contributed by atoms with Gasteiger partial charge in [0.05, 0.1) is 6.26 Å². The second-order valence-corrected chi connectivity index (χ2v) is 0.981. The van der Waals surface area contributed by atoms with E-state index in [1.165, 1.54) is 6.26 Å². The van der Waals surface area contributed by atoms with Gasteiger partial charge in [0.2, 0.25) is 0 Å². The summed E-state index contributed by atoms with van der Waals surface area (Å²) in [4.78, 5) is 0. The maximum atomic E-state index is 8.22. The molecule has 40 valence electrons. The molecule has 0 aliphatic rings. The topological polar surface area (TPSA) is 29.5 Å². The van der Waals surface area contributed by atoms with Crippen LogP contribution in [0.2, 0.25) is 0 Å². The van der Waals surface area contributed by atoms with E-state index in [2.05, 4.69) is 11.3 Å². The first-order valence-corrected chi connectivity index (χ1v) is 1.93. The number of allylic oxidation sites excluding steroid dienone is 1. The van der Waals surface area contributed by atoms with Crippen LogP contribution in [0.3, 0.4) is 0 Å². The van der Waals surface area contributed by atoms with E-state index in [-0.39, 0.29) is 5.95 Å². The predicted molar refractivity (Wildman–Crippen MR) is 27.7 cm³/mol. The van der Waals surface area contributed by atoms with E-state index in [1.807, 2.05) is 0 Å². The fourth-order valence-corrected chi connectivity index (χ4v) is 0.147. The molecule has 0 heterocycles. The Morgan fingerprint density at radius 1 is 1.86 bits per heavy atom. The first kappa shape index (κ1) is 6.08. The molecule has 2 nitrogen and oxygen atoms in total. The Labute approximate surface area is 42.7 Å². The van der Waals surface area contributed by atoms with E-state index in [1.54, 1.807) is 13.0 Å². The summed E-state index contributed by atoms with van der Waals surface area (Å²) in [6.45, 7) is 4.86. The second-order valence-electron chi connectivity index (χ2n) is 0.981. The summed E-state index contributed by atoms with van der Waals surface area (Å²) < 4.78 is 4.37. The molecule has 0 saturated carbocycles. The van der Waals surface area contributed by atoms with Crippen LogP contribution < -0.4 is 0 Å². The molecule has 0 fully saturated rings. The quantitative estimate of drug-likeness (QED) is 0.533. The molecule has 0 aromatic carbocycles. The van der Waals surface area contributed by atoms with Crippen molar-refractivity contribution in [3.05, 3.63) is 24.9 Å². The van der Waals surface area contributed by atoms with Gasteiger partial charge in [0.15, 0.2) is 0 Å². The van der Waals surface area contributed by atoms with E-state index in [9.17, 15) is 0 Å². The van der Waals surface area contributed by atoms with Gasteiger partial charge in [-0.05, 0) is 13.5 Å². The summed E-state index contributed by atoms with van der Waals surface area (Å²) in [6.07, 6.45) is 3.00. The highest BCUT2D eigenvalue weighted by Crippen LogP contribution is 1.84. The third kappa shape index (κ3) is 5.08. The van der Waals surface area contributed by atoms with Crippen LogP contribution in [0.4, 0.5) is 0 Å². The van der Waals surface area contributed by atoms with Crippen molar-refractivity contribution in [2.24, 2.45) is 0 Å². The largest absolute Gasteiger partial charge is 0.481 e. The van der Waals surface area contributed by atoms with Gasteiger partial charge in [-0.3, -0.25) is 0 Å². The third-order valence-corrected chi connectivity index (χ3v) is 0.340. The molecule has 0 spiro atoms. The average Bonchev–Trinajstić information content (AvgIpc) is 1.61. The number of aliphatic hydroxyl groups excluding tert-OH is 1. The van der Waals surface area contributed by atoms with Gasteiger partial charge in [0, 0.05) is 0 Å². The second kappa shape index (κ2) is 3.28. The van der Waals surface area contributed by atoms with E-state index in [4.69, 9.17) is 5.11 Å². The first-order valence-electron chi connectivity index (χ1n) is 1.93. The van der Waals surface area contributed by atoms with Gasteiger partial charge in [-0.15, -0.1) is 0 Å². The van der Waals surface area contributed by atoms with Crippen molar-refractivity contribution in [2.45, 2.75) is 6.92 Å². The molecule has 0 atom stereocenters. The molecule has 0 saturated heterocycles. The summed E-state index contributed by atoms with van der Waals surface area (Å²) in [6, 6.07) is 0. The average molecular weight is 100 g/mol. The predicted octanol–water partition coefficient (Wildman–Crippen LogP) is 1.57. The highest BCUT2D eigenvalue weighted by atomic mass is 16.6. The molecule has 0 radical (unpaired) electrons. The van der Waals surface area contributed by atoms with Crippen LogP contribution in [0.25, 0.3) is 0 Å². The molecule has 7 heavy (non-hydrogen) atoms. The van der Waals surface area contributed by atoms with Crippen LogP contribution >= 0.6 is 0 Å². The third-order valence-electron chi connectivity index (χ3n) is 0.340. The van der Waals surface area contributed by atoms with Crippen molar-refractivity contribution >= 4 is 0 Å². The van der Waals surface area contributed by atoms with E-state index in [0.29, 0.717) is 0 Å². The van der Waals surface area contributed by atoms with Gasteiger partial charge in [0.25, 0.3) is 5.95 Å². The standard InChI is InChI=1S/C5H8O2/c1-3-4-7-5(2)6/h3-4,6H,2H2,1H3/b4-3+. The van der Waals surface area contributed by atoms with Crippen molar-refractivity contribution in [3.8, 4) is 0 Å². The van der Waals surface area contributed by atoms with Crippen molar-refractivity contribution in [1.29, 1.82) is 0 Å². The van der Waals surface area contributed by atoms with Crippen LogP contribution in [-0.4, -0.2) is 5.11 Å². The molecule has 0 unspecified atom stereocenters. The van der Waals surface area contributed by atoms with Gasteiger partial charge < -0.3 is 9.84 Å². The number of aliphatic hydroxyl groups is 1. The molecule has 0 amide bonds. The van der Waals surface area contributed by atoms with Crippen LogP contribution in [0, 0.1) is 0 Å². The van der Waals surface area contributed by atoms with Gasteiger partial charge in [0.1, 0.15) is 0 Å². The molecular formula is C5H8O2. The number of ether oxygens (including phenoxy) is 1. The Hall–Kier alpha value is -0.920. The molecule has 0 aromatic rings. The van der Waals surface area contributed by atoms with Crippen LogP contribution in [0.1, 0.15) is 6.92 Å². The Morgan fingerprint density at radius 3 is 2.57 bits per heavy atom. The summed E-state index contributed by atoms with van der Waals surface area (Å²) in [5.74, 6) is -0.280. The molecule has 0 aromatic heterocycles. The smallest absolute Gasteiger partial charge is 0.273 e. The Balaban J connectivity index is 3.14. The molecule has 0 aliphatic carbocycles. The summed E-state index contributed by atoms with van der Waals surface area (Å²) >= 11 is 0. The molecular weight excluding hydrogens is 92.1 g/mol. The molecule has 0 aliphatic heterocycles. The zero-order valence-corrected chi connectivity index (χ0v) is 4.22. The molecule has 0 rings (SSSR count). The highest BCUT2D eigenvalue weighted by molar-refractivity contribution is 4.73. The zero-order valence-electron chi connectivity index (χ0n) is 4.22. The minimum atomic E-state index is -0.280. The zero-order chi connectivity index (χ0) is 5.70. The molecule has 1 N–H and O–H groups in total. The van der Waals surface area contributed by atoms with Gasteiger partial charge in [-0.1, -0.05) is 6.08 Å². The van der Waals surface area contributed by atoms with Gasteiger partial charge in [-0.25, -0.2) is 0 Å². The fraction of sp³-hybridized carbons (Fsp3) is 0.200. The van der Waals surface area contributed by atoms with Crippen molar-refractivity contribution in [3.63, 3.8) is 0 Å². The van der Waals surface area contributed by atoms with Gasteiger partial charge >= 0.3 is 0 Å². The van der Waals surface area contributed by atoms with E-state index < -0.39 is 0 Å². The summed E-state index contributed by atoms with van der Waals surface area (Å²) in [5, 5.41) is 8.22. The van der Waals surface area contributed by atoms with Crippen LogP contribution in [0.15, 0.2) is 24.9 Å². The maximum absolute atomic E-state index is 8.22. The van der Waals surface area contributed by atoms with Gasteiger partial charge in [-0.2, -0.15) is 0 Å². The lowest BCUT2D eigenvalue weighted by molar-refractivity contribution is 0.170. The van der Waals surface area contributed by atoms with E-state index in [0.717, 1.165) is 0 Å². The lowest BCUT2D eigenvalue weighted by Gasteiger charge is -1.89. The monoisotopic (exact) mass is 100 g/mol. The normalized spacial score (nSPS) is 9.29. The summed E-state index contributed by atoms with van der Waals surface area (Å²) in [7, 11) is 0. The molecule has 2 heteroatoms. The molecule has 0 bridgehead atoms.